The van der Waals surface area contributed by atoms with E-state index in [2.05, 4.69) is 0 Å². The second-order valence-electron chi connectivity index (χ2n) is 7.51. The minimum Gasteiger partial charge on any atom is -0.452 e. The third kappa shape index (κ3) is 3.82. The zero-order valence-electron chi connectivity index (χ0n) is 15.7. The SMILES string of the molecule is O=C(OCC(=O)N1CCCCC1)c1c2c(nc3ccccc13)CCCCC2. The second-order valence-corrected chi connectivity index (χ2v) is 7.51. The van der Waals surface area contributed by atoms with Crippen molar-refractivity contribution in [3.8, 4) is 0 Å². The van der Waals surface area contributed by atoms with Crippen LogP contribution in [0.5, 0.6) is 0 Å². The van der Waals surface area contributed by atoms with Gasteiger partial charge in [-0.1, -0.05) is 24.6 Å². The number of piperidine rings is 1. The number of likely N-dealkylation sites (tertiary alicyclic amines) is 1. The number of benzene rings is 1. The first-order valence-corrected chi connectivity index (χ1v) is 10.1. The number of pyridine rings is 1. The molecule has 5 nitrogen and oxygen atoms in total. The molecule has 0 spiro atoms. The highest BCUT2D eigenvalue weighted by Crippen LogP contribution is 2.29. The standard InChI is InChI=1S/C22H26N2O3/c25-20(24-13-7-2-8-14-24)15-27-22(26)21-16-9-3-1-4-11-18(16)23-19-12-6-5-10-17(19)21/h5-6,10,12H,1-4,7-9,11,13-15H2. The van der Waals surface area contributed by atoms with Crippen molar-refractivity contribution in [3.05, 3.63) is 41.1 Å². The summed E-state index contributed by atoms with van der Waals surface area (Å²) in [6.07, 6.45) is 8.27. The zero-order chi connectivity index (χ0) is 18.6. The summed E-state index contributed by atoms with van der Waals surface area (Å²) in [4.78, 5) is 32.0. The predicted octanol–water partition coefficient (Wildman–Crippen LogP) is 3.67. The van der Waals surface area contributed by atoms with E-state index < -0.39 is 5.97 Å². The van der Waals surface area contributed by atoms with Crippen molar-refractivity contribution in [1.29, 1.82) is 0 Å². The Labute approximate surface area is 159 Å². The van der Waals surface area contributed by atoms with Crippen LogP contribution in [0.4, 0.5) is 0 Å². The first-order valence-electron chi connectivity index (χ1n) is 10.1. The highest BCUT2D eigenvalue weighted by Gasteiger charge is 2.24. The van der Waals surface area contributed by atoms with E-state index in [4.69, 9.17) is 9.72 Å². The van der Waals surface area contributed by atoms with Gasteiger partial charge in [0.15, 0.2) is 6.61 Å². The molecule has 1 aliphatic carbocycles. The molecule has 1 amide bonds. The fraction of sp³-hybridized carbons (Fsp3) is 0.500. The van der Waals surface area contributed by atoms with Gasteiger partial charge in [0, 0.05) is 24.2 Å². The van der Waals surface area contributed by atoms with Crippen LogP contribution in [-0.4, -0.2) is 41.5 Å². The maximum absolute atomic E-state index is 13.0. The molecule has 2 heterocycles. The van der Waals surface area contributed by atoms with Gasteiger partial charge in [0.1, 0.15) is 0 Å². The Morgan fingerprint density at radius 2 is 1.70 bits per heavy atom. The van der Waals surface area contributed by atoms with Gasteiger partial charge in [-0.15, -0.1) is 0 Å². The second kappa shape index (κ2) is 8.07. The smallest absolute Gasteiger partial charge is 0.339 e. The molecule has 0 N–H and O–H groups in total. The van der Waals surface area contributed by atoms with E-state index in [-0.39, 0.29) is 12.5 Å². The van der Waals surface area contributed by atoms with E-state index in [1.165, 1.54) is 6.42 Å². The third-order valence-electron chi connectivity index (χ3n) is 5.66. The summed E-state index contributed by atoms with van der Waals surface area (Å²) in [5.41, 5.74) is 3.47. The predicted molar refractivity (Wildman–Crippen MR) is 104 cm³/mol. The third-order valence-corrected chi connectivity index (χ3v) is 5.66. The molecule has 4 rings (SSSR count). The molecular weight excluding hydrogens is 340 g/mol. The first-order chi connectivity index (χ1) is 13.2. The van der Waals surface area contributed by atoms with Crippen LogP contribution in [-0.2, 0) is 22.4 Å². The molecule has 1 aromatic heterocycles. The number of hydrogen-bond acceptors (Lipinski definition) is 4. The van der Waals surface area contributed by atoms with Crippen molar-refractivity contribution < 1.29 is 14.3 Å². The van der Waals surface area contributed by atoms with Crippen molar-refractivity contribution in [3.63, 3.8) is 0 Å². The van der Waals surface area contributed by atoms with Gasteiger partial charge < -0.3 is 9.64 Å². The lowest BCUT2D eigenvalue weighted by Gasteiger charge is -2.26. The Morgan fingerprint density at radius 1 is 0.963 bits per heavy atom. The highest BCUT2D eigenvalue weighted by atomic mass is 16.5. The number of nitrogens with zero attached hydrogens (tertiary/aromatic N) is 2. The van der Waals surface area contributed by atoms with Crippen molar-refractivity contribution in [2.45, 2.75) is 51.4 Å². The highest BCUT2D eigenvalue weighted by molar-refractivity contribution is 6.05. The monoisotopic (exact) mass is 366 g/mol. The molecule has 0 unspecified atom stereocenters. The molecule has 1 fully saturated rings. The summed E-state index contributed by atoms with van der Waals surface area (Å²) in [5.74, 6) is -0.482. The summed E-state index contributed by atoms with van der Waals surface area (Å²) in [6, 6.07) is 7.73. The topological polar surface area (TPSA) is 59.5 Å². The van der Waals surface area contributed by atoms with Gasteiger partial charge >= 0.3 is 5.97 Å². The summed E-state index contributed by atoms with van der Waals surface area (Å²) in [5, 5.41) is 0.827. The fourth-order valence-corrected chi connectivity index (χ4v) is 4.22. The van der Waals surface area contributed by atoms with Crippen molar-refractivity contribution >= 4 is 22.8 Å². The van der Waals surface area contributed by atoms with E-state index in [0.717, 1.165) is 80.2 Å². The Morgan fingerprint density at radius 3 is 2.56 bits per heavy atom. The van der Waals surface area contributed by atoms with Gasteiger partial charge in [-0.3, -0.25) is 9.78 Å². The Balaban J connectivity index is 1.60. The molecule has 5 heteroatoms. The molecule has 0 radical (unpaired) electrons. The summed E-state index contributed by atoms with van der Waals surface area (Å²) in [7, 11) is 0. The molecule has 1 aliphatic heterocycles. The fourth-order valence-electron chi connectivity index (χ4n) is 4.22. The van der Waals surface area contributed by atoms with E-state index in [0.29, 0.717) is 5.56 Å². The Kier molecular flexibility index (Phi) is 5.37. The van der Waals surface area contributed by atoms with Gasteiger partial charge in [-0.2, -0.15) is 0 Å². The van der Waals surface area contributed by atoms with Crippen molar-refractivity contribution in [2.24, 2.45) is 0 Å². The lowest BCUT2D eigenvalue weighted by atomic mass is 9.97. The maximum atomic E-state index is 13.0. The number of carbonyl (C=O) groups excluding carboxylic acids is 2. The number of aryl methyl sites for hydroxylation is 1. The van der Waals surface area contributed by atoms with Gasteiger partial charge in [-0.25, -0.2) is 4.79 Å². The Bertz CT molecular complexity index is 856. The number of fused-ring (bicyclic) bond motifs is 2. The normalized spacial score (nSPS) is 17.3. The Hall–Kier alpha value is -2.43. The molecule has 2 aromatic rings. The van der Waals surface area contributed by atoms with Crippen LogP contribution in [0, 0.1) is 0 Å². The molecular formula is C22H26N2O3. The molecule has 27 heavy (non-hydrogen) atoms. The zero-order valence-corrected chi connectivity index (χ0v) is 15.7. The lowest BCUT2D eigenvalue weighted by molar-refractivity contribution is -0.135. The summed E-state index contributed by atoms with van der Waals surface area (Å²) < 4.78 is 5.50. The van der Waals surface area contributed by atoms with Gasteiger partial charge in [0.25, 0.3) is 5.91 Å². The molecule has 2 aliphatic rings. The molecule has 142 valence electrons. The first kappa shape index (κ1) is 18.0. The number of esters is 1. The minimum absolute atomic E-state index is 0.0903. The largest absolute Gasteiger partial charge is 0.452 e. The average molecular weight is 366 g/mol. The van der Waals surface area contributed by atoms with Gasteiger partial charge in [0.2, 0.25) is 0 Å². The molecule has 0 bridgehead atoms. The number of rotatable bonds is 3. The van der Waals surface area contributed by atoms with Crippen LogP contribution < -0.4 is 0 Å². The van der Waals surface area contributed by atoms with E-state index in [1.54, 1.807) is 0 Å². The number of carbonyl (C=O) groups is 2. The van der Waals surface area contributed by atoms with Crippen LogP contribution in [0.3, 0.4) is 0 Å². The van der Waals surface area contributed by atoms with Gasteiger partial charge in [0.05, 0.1) is 11.1 Å². The number of para-hydroxylation sites is 1. The number of aromatic nitrogens is 1. The van der Waals surface area contributed by atoms with Crippen molar-refractivity contribution in [2.75, 3.05) is 19.7 Å². The summed E-state index contributed by atoms with van der Waals surface area (Å²) >= 11 is 0. The van der Waals surface area contributed by atoms with Crippen LogP contribution >= 0.6 is 0 Å². The van der Waals surface area contributed by atoms with Gasteiger partial charge in [-0.05, 0) is 56.6 Å². The number of ether oxygens (including phenoxy) is 1. The molecule has 1 saturated heterocycles. The van der Waals surface area contributed by atoms with Crippen LogP contribution in [0.25, 0.3) is 10.9 Å². The minimum atomic E-state index is -0.392. The number of hydrogen-bond donors (Lipinski definition) is 0. The number of amides is 1. The maximum Gasteiger partial charge on any atom is 0.339 e. The quantitative estimate of drug-likeness (QED) is 0.614. The van der Waals surface area contributed by atoms with Crippen LogP contribution in [0.2, 0.25) is 0 Å². The lowest BCUT2D eigenvalue weighted by Crippen LogP contribution is -2.38. The molecule has 1 aromatic carbocycles. The van der Waals surface area contributed by atoms with E-state index in [9.17, 15) is 9.59 Å². The molecule has 0 saturated carbocycles. The molecule has 0 atom stereocenters. The van der Waals surface area contributed by atoms with Crippen LogP contribution in [0.1, 0.15) is 60.1 Å². The van der Waals surface area contributed by atoms with E-state index in [1.807, 2.05) is 29.2 Å². The van der Waals surface area contributed by atoms with Crippen LogP contribution in [0.15, 0.2) is 24.3 Å². The van der Waals surface area contributed by atoms with Crippen molar-refractivity contribution in [1.82, 2.24) is 9.88 Å². The summed E-state index contributed by atoms with van der Waals surface area (Å²) in [6.45, 7) is 1.36. The van der Waals surface area contributed by atoms with E-state index >= 15 is 0 Å². The average Bonchev–Trinajstić information content (AvgIpc) is 2.95.